The molecule has 1 aliphatic rings. The Labute approximate surface area is 148 Å². The van der Waals surface area contributed by atoms with Crippen LogP contribution in [-0.4, -0.2) is 25.9 Å². The molecule has 1 fully saturated rings. The number of rotatable bonds is 5. The van der Waals surface area contributed by atoms with Crippen LogP contribution in [0.1, 0.15) is 29.8 Å². The molecule has 0 radical (unpaired) electrons. The topological polar surface area (TPSA) is 68.4 Å². The third-order valence-corrected chi connectivity index (χ3v) is 5.37. The van der Waals surface area contributed by atoms with Crippen molar-refractivity contribution < 1.29 is 4.79 Å². The molecule has 6 nitrogen and oxygen atoms in total. The lowest BCUT2D eigenvalue weighted by atomic mass is 9.93. The lowest BCUT2D eigenvalue weighted by Crippen LogP contribution is -2.39. The van der Waals surface area contributed by atoms with Crippen molar-refractivity contribution in [3.63, 3.8) is 0 Å². The normalized spacial score (nSPS) is 14.4. The second-order valence-corrected chi connectivity index (χ2v) is 7.10. The first-order valence-electron chi connectivity index (χ1n) is 8.25. The molecule has 1 N–H and O–H groups in total. The van der Waals surface area contributed by atoms with Gasteiger partial charge in [0, 0.05) is 25.0 Å². The summed E-state index contributed by atoms with van der Waals surface area (Å²) in [5.41, 5.74) is 1.09. The van der Waals surface area contributed by atoms with Crippen LogP contribution in [0.25, 0.3) is 16.2 Å². The first-order chi connectivity index (χ1) is 12.2. The molecule has 4 rings (SSSR count). The van der Waals surface area contributed by atoms with Crippen LogP contribution < -0.4 is 10.9 Å². The van der Waals surface area contributed by atoms with Crippen LogP contribution in [0.5, 0.6) is 0 Å². The Kier molecular flexibility index (Phi) is 4.01. The Morgan fingerprint density at radius 2 is 2.28 bits per heavy atom. The summed E-state index contributed by atoms with van der Waals surface area (Å²) in [6.45, 7) is 4.12. The van der Waals surface area contributed by atoms with Crippen molar-refractivity contribution in [1.82, 2.24) is 19.3 Å². The second-order valence-electron chi connectivity index (χ2n) is 6.15. The fourth-order valence-corrected chi connectivity index (χ4v) is 3.68. The molecule has 128 valence electrons. The van der Waals surface area contributed by atoms with E-state index < -0.39 is 0 Å². The van der Waals surface area contributed by atoms with Gasteiger partial charge >= 0.3 is 0 Å². The van der Waals surface area contributed by atoms with Gasteiger partial charge in [-0.1, -0.05) is 12.1 Å². The summed E-state index contributed by atoms with van der Waals surface area (Å²) in [4.78, 5) is 30.5. The number of aromatic nitrogens is 3. The number of hydrogen-bond donors (Lipinski definition) is 1. The Balaban J connectivity index is 1.81. The van der Waals surface area contributed by atoms with Crippen molar-refractivity contribution in [2.75, 3.05) is 0 Å². The van der Waals surface area contributed by atoms with Crippen molar-refractivity contribution in [2.24, 2.45) is 0 Å². The van der Waals surface area contributed by atoms with Crippen molar-refractivity contribution in [1.29, 1.82) is 0 Å². The van der Waals surface area contributed by atoms with E-state index in [1.54, 1.807) is 32.6 Å². The maximum absolute atomic E-state index is 12.9. The zero-order chi connectivity index (χ0) is 17.4. The summed E-state index contributed by atoms with van der Waals surface area (Å²) in [6.07, 6.45) is 8.32. The maximum atomic E-state index is 12.9. The Hall–Kier alpha value is -2.67. The number of hydrogen-bond acceptors (Lipinski definition) is 4. The average Bonchev–Trinajstić information content (AvgIpc) is 3.22. The molecule has 25 heavy (non-hydrogen) atoms. The van der Waals surface area contributed by atoms with Gasteiger partial charge in [0.05, 0.1) is 10.6 Å². The van der Waals surface area contributed by atoms with Crippen molar-refractivity contribution in [3.8, 4) is 10.6 Å². The van der Waals surface area contributed by atoms with Gasteiger partial charge in [-0.15, -0.1) is 17.9 Å². The first kappa shape index (κ1) is 15.8. The van der Waals surface area contributed by atoms with Gasteiger partial charge in [-0.05, 0) is 30.7 Å². The molecule has 0 aliphatic heterocycles. The van der Waals surface area contributed by atoms with E-state index in [0.29, 0.717) is 6.54 Å². The number of nitrogens with zero attached hydrogens (tertiary/aromatic N) is 3. The number of carbonyl (C=O) groups is 1. The molecular formula is C18H18N4O2S. The van der Waals surface area contributed by atoms with Gasteiger partial charge in [0.15, 0.2) is 0 Å². The fourth-order valence-electron chi connectivity index (χ4n) is 2.93. The lowest BCUT2D eigenvalue weighted by Gasteiger charge is -2.25. The van der Waals surface area contributed by atoms with Gasteiger partial charge < -0.3 is 5.32 Å². The number of nitrogens with one attached hydrogen (secondary N) is 1. The number of fused-ring (bicyclic) bond motifs is 1. The number of carbonyl (C=O) groups excluding carboxylic acids is 1. The van der Waals surface area contributed by atoms with E-state index >= 15 is 0 Å². The third kappa shape index (κ3) is 2.80. The highest BCUT2D eigenvalue weighted by Gasteiger charge is 2.22. The highest BCUT2D eigenvalue weighted by Crippen LogP contribution is 2.24. The van der Waals surface area contributed by atoms with Crippen molar-refractivity contribution in [2.45, 2.75) is 31.8 Å². The largest absolute Gasteiger partial charge is 0.348 e. The van der Waals surface area contributed by atoms with Gasteiger partial charge in [0.2, 0.25) is 5.65 Å². The Morgan fingerprint density at radius 3 is 2.92 bits per heavy atom. The lowest BCUT2D eigenvalue weighted by molar-refractivity contribution is 0.0912. The van der Waals surface area contributed by atoms with E-state index in [-0.39, 0.29) is 28.8 Å². The first-order valence-corrected chi connectivity index (χ1v) is 9.13. The summed E-state index contributed by atoms with van der Waals surface area (Å²) in [5, 5.41) is 4.92. The summed E-state index contributed by atoms with van der Waals surface area (Å²) >= 11 is 1.56. The van der Waals surface area contributed by atoms with E-state index in [2.05, 4.69) is 16.9 Å². The average molecular weight is 354 g/mol. The summed E-state index contributed by atoms with van der Waals surface area (Å²) in [6, 6.07) is 4.14. The standard InChI is InChI=1S/C18H18N4O2S/c1-2-8-22-14(15-7-4-9-25-15)11-21-10-13(20-16(21)18(22)24)17(23)19-12-5-3-6-12/h2,4,7,9-12H,1,3,5-6,8H2,(H,19,23). The molecule has 0 spiro atoms. The molecule has 0 bridgehead atoms. The number of imidazole rings is 1. The Morgan fingerprint density at radius 1 is 1.44 bits per heavy atom. The number of thiophene rings is 1. The van der Waals surface area contributed by atoms with Gasteiger partial charge in [0.1, 0.15) is 5.69 Å². The minimum atomic E-state index is -0.228. The predicted octanol–water partition coefficient (Wildman–Crippen LogP) is 2.69. The molecule has 3 aromatic heterocycles. The molecular weight excluding hydrogens is 336 g/mol. The van der Waals surface area contributed by atoms with E-state index in [4.69, 9.17) is 0 Å². The van der Waals surface area contributed by atoms with Crippen molar-refractivity contribution >= 4 is 22.9 Å². The van der Waals surface area contributed by atoms with Gasteiger partial charge in [-0.2, -0.15) is 0 Å². The van der Waals surface area contributed by atoms with E-state index in [1.807, 2.05) is 23.7 Å². The summed E-state index contributed by atoms with van der Waals surface area (Å²) in [7, 11) is 0. The SMILES string of the molecule is C=CCn1c(-c2cccs2)cn2cc(C(=O)NC3CCC3)nc2c1=O. The molecule has 3 aromatic rings. The number of allylic oxidation sites excluding steroid dienone is 1. The van der Waals surface area contributed by atoms with E-state index in [0.717, 1.165) is 29.8 Å². The van der Waals surface area contributed by atoms with Gasteiger partial charge in [-0.3, -0.25) is 18.6 Å². The minimum absolute atomic E-state index is 0.222. The van der Waals surface area contributed by atoms with Gasteiger partial charge in [-0.25, -0.2) is 4.98 Å². The predicted molar refractivity (Wildman–Crippen MR) is 98.1 cm³/mol. The molecule has 0 aromatic carbocycles. The van der Waals surface area contributed by atoms with Crippen LogP contribution in [0.2, 0.25) is 0 Å². The molecule has 7 heteroatoms. The second kappa shape index (κ2) is 6.33. The van der Waals surface area contributed by atoms with Crippen LogP contribution in [0.3, 0.4) is 0 Å². The third-order valence-electron chi connectivity index (χ3n) is 4.48. The summed E-state index contributed by atoms with van der Waals surface area (Å²) < 4.78 is 3.28. The minimum Gasteiger partial charge on any atom is -0.348 e. The Bertz CT molecular complexity index is 996. The molecule has 0 unspecified atom stereocenters. The van der Waals surface area contributed by atoms with Crippen LogP contribution in [-0.2, 0) is 6.54 Å². The molecule has 0 atom stereocenters. The molecule has 1 amide bonds. The van der Waals surface area contributed by atoms with E-state index in [1.165, 1.54) is 0 Å². The van der Waals surface area contributed by atoms with Crippen LogP contribution >= 0.6 is 11.3 Å². The monoisotopic (exact) mass is 354 g/mol. The van der Waals surface area contributed by atoms with Gasteiger partial charge in [0.25, 0.3) is 11.5 Å². The summed E-state index contributed by atoms with van der Waals surface area (Å²) in [5.74, 6) is -0.222. The number of amides is 1. The quantitative estimate of drug-likeness (QED) is 0.716. The van der Waals surface area contributed by atoms with E-state index in [9.17, 15) is 9.59 Å². The molecule has 1 aliphatic carbocycles. The highest BCUT2D eigenvalue weighted by atomic mass is 32.1. The smallest absolute Gasteiger partial charge is 0.295 e. The zero-order valence-electron chi connectivity index (χ0n) is 13.6. The van der Waals surface area contributed by atoms with Crippen LogP contribution in [0.15, 0.2) is 47.4 Å². The van der Waals surface area contributed by atoms with Crippen LogP contribution in [0.4, 0.5) is 0 Å². The fraction of sp³-hybridized carbons (Fsp3) is 0.278. The van der Waals surface area contributed by atoms with Crippen LogP contribution in [0, 0.1) is 0 Å². The highest BCUT2D eigenvalue weighted by molar-refractivity contribution is 7.13. The van der Waals surface area contributed by atoms with Crippen molar-refractivity contribution in [3.05, 3.63) is 58.6 Å². The zero-order valence-corrected chi connectivity index (χ0v) is 14.5. The molecule has 3 heterocycles. The molecule has 0 saturated heterocycles. The maximum Gasteiger partial charge on any atom is 0.295 e. The molecule has 1 saturated carbocycles.